The van der Waals surface area contributed by atoms with E-state index in [1.165, 1.54) is 48.3 Å². The lowest BCUT2D eigenvalue weighted by Crippen LogP contribution is -2.19. The first-order chi connectivity index (χ1) is 20.3. The lowest BCUT2D eigenvalue weighted by atomic mass is 9.78. The number of nitriles is 1. The first-order valence-electron chi connectivity index (χ1n) is 14.4. The van der Waals surface area contributed by atoms with Crippen LogP contribution in [0.2, 0.25) is 0 Å². The third kappa shape index (κ3) is 3.37. The lowest BCUT2D eigenvalue weighted by Gasteiger charge is -2.26. The van der Waals surface area contributed by atoms with Gasteiger partial charge in [-0.05, 0) is 47.6 Å². The molecule has 0 bridgehead atoms. The monoisotopic (exact) mass is 562 g/mol. The Kier molecular flexibility index (Phi) is 5.18. The fourth-order valence-corrected chi connectivity index (χ4v) is 10.7. The molecule has 1 aliphatic heterocycles. The maximum absolute atomic E-state index is 10.3. The van der Waals surface area contributed by atoms with Crippen LogP contribution < -0.4 is 0 Å². The van der Waals surface area contributed by atoms with Gasteiger partial charge in [0.25, 0.3) is 0 Å². The van der Waals surface area contributed by atoms with Crippen molar-refractivity contribution in [3.05, 3.63) is 130 Å². The minimum atomic E-state index is 0.427. The molecule has 0 saturated carbocycles. The first-order valence-corrected chi connectivity index (χ1v) is 16.1. The quantitative estimate of drug-likeness (QED) is 0.214. The largest absolute Gasteiger partial charge is 0.311 e. The van der Waals surface area contributed by atoms with Gasteiger partial charge in [0.05, 0.1) is 16.8 Å². The van der Waals surface area contributed by atoms with Gasteiger partial charge in [-0.1, -0.05) is 91.1 Å². The minimum Gasteiger partial charge on any atom is -0.311 e. The van der Waals surface area contributed by atoms with E-state index in [9.17, 15) is 5.26 Å². The lowest BCUT2D eigenvalue weighted by molar-refractivity contribution is 0.510. The molecule has 3 aliphatic carbocycles. The van der Waals surface area contributed by atoms with E-state index in [-0.39, 0.29) is 0 Å². The molecule has 2 aromatic heterocycles. The van der Waals surface area contributed by atoms with Gasteiger partial charge >= 0.3 is 0 Å². The molecule has 9 rings (SSSR count). The number of nitrogens with zero attached hydrogens (tertiary/aromatic N) is 2. The summed E-state index contributed by atoms with van der Waals surface area (Å²) in [6.07, 6.45) is 18.7. The fourth-order valence-electron chi connectivity index (χ4n) is 7.47. The van der Waals surface area contributed by atoms with Crippen molar-refractivity contribution in [3.8, 4) is 11.8 Å². The van der Waals surface area contributed by atoms with Gasteiger partial charge < -0.3 is 4.57 Å². The smallest absolute Gasteiger partial charge is 0.101 e. The van der Waals surface area contributed by atoms with E-state index >= 15 is 0 Å². The Morgan fingerprint density at radius 2 is 1.71 bits per heavy atom. The molecular formula is C37H26N2S2. The number of hydrogen-bond donors (Lipinski definition) is 0. The van der Waals surface area contributed by atoms with E-state index in [0.29, 0.717) is 22.3 Å². The maximum Gasteiger partial charge on any atom is 0.101 e. The highest BCUT2D eigenvalue weighted by molar-refractivity contribution is 8.00. The summed E-state index contributed by atoms with van der Waals surface area (Å²) < 4.78 is 3.78. The third-order valence-corrected chi connectivity index (χ3v) is 12.3. The van der Waals surface area contributed by atoms with Crippen LogP contribution >= 0.6 is 23.1 Å². The zero-order chi connectivity index (χ0) is 27.1. The minimum absolute atomic E-state index is 0.427. The number of benzene rings is 3. The average Bonchev–Trinajstić information content (AvgIpc) is 3.70. The van der Waals surface area contributed by atoms with E-state index in [0.717, 1.165) is 29.7 Å². The van der Waals surface area contributed by atoms with Gasteiger partial charge in [0.15, 0.2) is 0 Å². The van der Waals surface area contributed by atoms with Crippen LogP contribution in [-0.2, 0) is 6.42 Å². The van der Waals surface area contributed by atoms with Gasteiger partial charge in [0, 0.05) is 54.1 Å². The fraction of sp³-hybridized carbons (Fsp3) is 0.162. The number of allylic oxidation sites excluding steroid dienone is 5. The van der Waals surface area contributed by atoms with Gasteiger partial charge in [-0.3, -0.25) is 0 Å². The number of rotatable bonds is 2. The van der Waals surface area contributed by atoms with Crippen LogP contribution in [0.25, 0.3) is 44.4 Å². The maximum atomic E-state index is 10.3. The highest BCUT2D eigenvalue weighted by atomic mass is 32.2. The summed E-state index contributed by atoms with van der Waals surface area (Å²) in [5.74, 6) is 0.898. The SMILES string of the molecule is N#Cc1cccc(C2=CC3C(C=C2)SC2c4sc5ccccc5c4C=CC23)c1-n1c2c(c3ccccc31)C=CCC2. The molecule has 5 aromatic rings. The van der Waals surface area contributed by atoms with Gasteiger partial charge in [-0.15, -0.1) is 23.1 Å². The molecular weight excluding hydrogens is 537 g/mol. The van der Waals surface area contributed by atoms with Crippen LogP contribution in [0.15, 0.2) is 97.1 Å². The Balaban J connectivity index is 1.19. The van der Waals surface area contributed by atoms with Crippen molar-refractivity contribution >= 4 is 61.8 Å². The number of aromatic nitrogens is 1. The zero-order valence-electron chi connectivity index (χ0n) is 22.3. The summed E-state index contributed by atoms with van der Waals surface area (Å²) in [6.45, 7) is 0. The van der Waals surface area contributed by atoms with E-state index in [1.54, 1.807) is 0 Å². The predicted octanol–water partition coefficient (Wildman–Crippen LogP) is 9.75. The van der Waals surface area contributed by atoms with Gasteiger partial charge in [-0.25, -0.2) is 0 Å². The number of hydrogen-bond acceptors (Lipinski definition) is 3. The number of thioether (sulfide) groups is 1. The molecule has 0 spiro atoms. The molecule has 1 saturated heterocycles. The van der Waals surface area contributed by atoms with Crippen molar-refractivity contribution in [2.45, 2.75) is 23.3 Å². The van der Waals surface area contributed by atoms with Gasteiger partial charge in [-0.2, -0.15) is 5.26 Å². The Morgan fingerprint density at radius 1 is 0.829 bits per heavy atom. The predicted molar refractivity (Wildman–Crippen MR) is 174 cm³/mol. The molecule has 1 fully saturated rings. The van der Waals surface area contributed by atoms with E-state index < -0.39 is 0 Å². The highest BCUT2D eigenvalue weighted by Gasteiger charge is 2.45. The third-order valence-electron chi connectivity index (χ3n) is 9.26. The van der Waals surface area contributed by atoms with Crippen molar-refractivity contribution in [2.24, 2.45) is 11.8 Å². The van der Waals surface area contributed by atoms with Crippen molar-refractivity contribution in [1.82, 2.24) is 4.57 Å². The Labute approximate surface area is 247 Å². The molecule has 0 N–H and O–H groups in total. The van der Waals surface area contributed by atoms with Crippen molar-refractivity contribution < 1.29 is 0 Å². The zero-order valence-corrected chi connectivity index (χ0v) is 24.0. The second kappa shape index (κ2) is 8.98. The molecule has 0 radical (unpaired) electrons. The van der Waals surface area contributed by atoms with Crippen LogP contribution in [0.3, 0.4) is 0 Å². The second-order valence-electron chi connectivity index (χ2n) is 11.4. The van der Waals surface area contributed by atoms with Crippen molar-refractivity contribution in [2.75, 3.05) is 0 Å². The van der Waals surface area contributed by atoms with Crippen LogP contribution in [0, 0.1) is 23.2 Å². The van der Waals surface area contributed by atoms with Crippen LogP contribution in [0.1, 0.15) is 44.5 Å². The second-order valence-corrected chi connectivity index (χ2v) is 13.8. The summed E-state index contributed by atoms with van der Waals surface area (Å²) in [7, 11) is 0. The van der Waals surface area contributed by atoms with E-state index in [1.807, 2.05) is 23.5 Å². The molecule has 41 heavy (non-hydrogen) atoms. The number of fused-ring (bicyclic) bond motifs is 10. The molecule has 2 nitrogen and oxygen atoms in total. The van der Waals surface area contributed by atoms with Crippen LogP contribution in [-0.4, -0.2) is 9.82 Å². The van der Waals surface area contributed by atoms with E-state index in [2.05, 4.69) is 120 Å². The summed E-state index contributed by atoms with van der Waals surface area (Å²) in [6, 6.07) is 26.3. The Hall–Kier alpha value is -4.04. The standard InChI is InChI=1S/C37H26N2S2/c38-21-23-8-7-12-24(35(23)39-31-13-4-1-9-25(31)26-10-2-5-14-32(26)39)22-16-19-34-30(20-22)29-18-17-28-27-11-3-6-15-33(27)40-36(28)37(29)41-34/h1-4,6-13,15-20,29-30,34,37H,5,14H2. The molecule has 4 heteroatoms. The van der Waals surface area contributed by atoms with E-state index in [4.69, 9.17) is 0 Å². The molecule has 4 unspecified atom stereocenters. The number of thiophene rings is 1. The molecule has 4 atom stereocenters. The summed E-state index contributed by atoms with van der Waals surface area (Å²) in [5, 5.41) is 13.9. The average molecular weight is 563 g/mol. The highest BCUT2D eigenvalue weighted by Crippen LogP contribution is 2.60. The first kappa shape index (κ1) is 23.6. The van der Waals surface area contributed by atoms with Crippen LogP contribution in [0.4, 0.5) is 0 Å². The molecule has 196 valence electrons. The van der Waals surface area contributed by atoms with Gasteiger partial charge in [0.2, 0.25) is 0 Å². The summed E-state index contributed by atoms with van der Waals surface area (Å²) in [5.41, 5.74) is 9.32. The molecule has 0 amide bonds. The molecule has 4 aliphatic rings. The molecule has 3 heterocycles. The molecule has 3 aromatic carbocycles. The van der Waals surface area contributed by atoms with Gasteiger partial charge in [0.1, 0.15) is 6.07 Å². The Morgan fingerprint density at radius 3 is 2.63 bits per heavy atom. The summed E-state index contributed by atoms with van der Waals surface area (Å²) in [4.78, 5) is 1.53. The van der Waals surface area contributed by atoms with Crippen molar-refractivity contribution in [1.29, 1.82) is 5.26 Å². The number of para-hydroxylation sites is 2. The Bertz CT molecular complexity index is 2080. The normalized spacial score (nSPS) is 23.6. The topological polar surface area (TPSA) is 28.7 Å². The summed E-state index contributed by atoms with van der Waals surface area (Å²) >= 11 is 4.10. The van der Waals surface area contributed by atoms with Crippen LogP contribution in [0.5, 0.6) is 0 Å². The van der Waals surface area contributed by atoms with Crippen molar-refractivity contribution in [3.63, 3.8) is 0 Å².